The summed E-state index contributed by atoms with van der Waals surface area (Å²) >= 11 is 1.50. The van der Waals surface area contributed by atoms with E-state index in [1.54, 1.807) is 4.52 Å². The van der Waals surface area contributed by atoms with Gasteiger partial charge in [-0.3, -0.25) is 0 Å². The molecule has 2 heterocycles. The van der Waals surface area contributed by atoms with E-state index in [1.165, 1.54) is 30.2 Å². The number of anilines is 1. The highest BCUT2D eigenvalue weighted by Gasteiger charge is 2.29. The second-order valence-corrected chi connectivity index (χ2v) is 6.70. The van der Waals surface area contributed by atoms with Crippen molar-refractivity contribution < 1.29 is 0 Å². The van der Waals surface area contributed by atoms with Gasteiger partial charge in [-0.15, -0.1) is 11.8 Å². The largest absolute Gasteiger partial charge is 0.365 e. The zero-order valence-corrected chi connectivity index (χ0v) is 14.2. The summed E-state index contributed by atoms with van der Waals surface area (Å²) in [6.07, 6.45) is 6.25. The molecule has 24 heavy (non-hydrogen) atoms. The second-order valence-electron chi connectivity index (χ2n) is 5.91. The van der Waals surface area contributed by atoms with Crippen molar-refractivity contribution in [2.24, 2.45) is 0 Å². The highest BCUT2D eigenvalue weighted by atomic mass is 32.2. The number of hydrogen-bond acceptors (Lipinski definition) is 5. The first-order valence-electron chi connectivity index (χ1n) is 7.95. The lowest BCUT2D eigenvalue weighted by molar-refractivity contribution is 0.896. The lowest BCUT2D eigenvalue weighted by Crippen LogP contribution is -2.10. The van der Waals surface area contributed by atoms with Crippen molar-refractivity contribution in [3.05, 3.63) is 53.2 Å². The molecule has 0 spiro atoms. The van der Waals surface area contributed by atoms with Crippen molar-refractivity contribution in [3.63, 3.8) is 0 Å². The third kappa shape index (κ3) is 2.61. The molecule has 1 aromatic carbocycles. The predicted molar refractivity (Wildman–Crippen MR) is 95.2 cm³/mol. The van der Waals surface area contributed by atoms with E-state index in [0.29, 0.717) is 18.0 Å². The van der Waals surface area contributed by atoms with Crippen LogP contribution in [-0.2, 0) is 6.54 Å². The van der Waals surface area contributed by atoms with Gasteiger partial charge in [0.15, 0.2) is 11.5 Å². The van der Waals surface area contributed by atoms with Crippen LogP contribution >= 0.6 is 11.8 Å². The Kier molecular flexibility index (Phi) is 3.87. The first-order chi connectivity index (χ1) is 11.8. The molecule has 1 aliphatic carbocycles. The highest BCUT2D eigenvalue weighted by Crippen LogP contribution is 2.42. The van der Waals surface area contributed by atoms with Crippen molar-refractivity contribution in [1.29, 1.82) is 5.26 Å². The Balaban J connectivity index is 1.80. The van der Waals surface area contributed by atoms with Crippen molar-refractivity contribution in [3.8, 4) is 6.07 Å². The smallest absolute Gasteiger partial charge is 0.162 e. The summed E-state index contributed by atoms with van der Waals surface area (Å²) in [6, 6.07) is 12.4. The number of rotatable bonds is 5. The Hall–Kier alpha value is -2.52. The second kappa shape index (κ2) is 6.17. The maximum absolute atomic E-state index is 9.63. The van der Waals surface area contributed by atoms with Crippen LogP contribution in [0.15, 0.2) is 41.6 Å². The van der Waals surface area contributed by atoms with Crippen molar-refractivity contribution in [2.45, 2.75) is 30.3 Å². The molecule has 6 heteroatoms. The van der Waals surface area contributed by atoms with Crippen LogP contribution in [0, 0.1) is 11.3 Å². The van der Waals surface area contributed by atoms with Gasteiger partial charge < -0.3 is 5.32 Å². The Labute approximate surface area is 144 Å². The molecule has 0 unspecified atom stereocenters. The number of benzene rings is 1. The minimum Gasteiger partial charge on any atom is -0.365 e. The van der Waals surface area contributed by atoms with Gasteiger partial charge in [-0.1, -0.05) is 30.3 Å². The van der Waals surface area contributed by atoms with Crippen LogP contribution in [0.4, 0.5) is 5.82 Å². The average molecular weight is 335 g/mol. The van der Waals surface area contributed by atoms with E-state index in [0.717, 1.165) is 22.1 Å². The first kappa shape index (κ1) is 15.0. The van der Waals surface area contributed by atoms with Crippen LogP contribution < -0.4 is 5.32 Å². The van der Waals surface area contributed by atoms with E-state index in [1.807, 2.05) is 30.7 Å². The summed E-state index contributed by atoms with van der Waals surface area (Å²) in [7, 11) is 0. The summed E-state index contributed by atoms with van der Waals surface area (Å²) in [5.74, 6) is 1.29. The summed E-state index contributed by atoms with van der Waals surface area (Å²) in [4.78, 5) is 4.70. The molecule has 1 aliphatic rings. The third-order valence-electron chi connectivity index (χ3n) is 4.27. The molecule has 1 saturated carbocycles. The predicted octanol–water partition coefficient (Wildman–Crippen LogP) is 3.81. The van der Waals surface area contributed by atoms with E-state index >= 15 is 0 Å². The summed E-state index contributed by atoms with van der Waals surface area (Å²) in [6.45, 7) is 0.640. The zero-order valence-electron chi connectivity index (χ0n) is 13.4. The minimum atomic E-state index is 0.552. The summed E-state index contributed by atoms with van der Waals surface area (Å²) < 4.78 is 1.79. The Morgan fingerprint density at radius 3 is 2.79 bits per heavy atom. The van der Waals surface area contributed by atoms with Crippen LogP contribution in [0.25, 0.3) is 5.65 Å². The molecule has 4 rings (SSSR count). The van der Waals surface area contributed by atoms with Gasteiger partial charge in [0.05, 0.1) is 6.20 Å². The molecule has 0 aliphatic heterocycles. The topological polar surface area (TPSA) is 66.0 Å². The minimum absolute atomic E-state index is 0.552. The summed E-state index contributed by atoms with van der Waals surface area (Å²) in [5, 5.41) is 18.3. The van der Waals surface area contributed by atoms with Crippen LogP contribution in [0.2, 0.25) is 0 Å². The Morgan fingerprint density at radius 1 is 1.33 bits per heavy atom. The van der Waals surface area contributed by atoms with Gasteiger partial charge in [-0.2, -0.15) is 14.9 Å². The fourth-order valence-corrected chi connectivity index (χ4v) is 3.39. The molecule has 0 bridgehead atoms. The van der Waals surface area contributed by atoms with Gasteiger partial charge in [-0.05, 0) is 30.6 Å². The van der Waals surface area contributed by atoms with E-state index < -0.39 is 0 Å². The zero-order chi connectivity index (χ0) is 16.5. The average Bonchev–Trinajstić information content (AvgIpc) is 3.39. The van der Waals surface area contributed by atoms with E-state index in [-0.39, 0.29) is 0 Å². The quantitative estimate of drug-likeness (QED) is 0.567. The lowest BCUT2D eigenvalue weighted by atomic mass is 10.2. The van der Waals surface area contributed by atoms with Crippen LogP contribution in [-0.4, -0.2) is 20.9 Å². The number of thioether (sulfide) groups is 1. The van der Waals surface area contributed by atoms with Crippen LogP contribution in [0.3, 0.4) is 0 Å². The van der Waals surface area contributed by atoms with Gasteiger partial charge >= 0.3 is 0 Å². The number of hydrogen-bond donors (Lipinski definition) is 1. The number of nitrogens with one attached hydrogen (secondary N) is 1. The molecule has 3 aromatic rings. The number of nitriles is 1. The van der Waals surface area contributed by atoms with E-state index in [4.69, 9.17) is 4.98 Å². The highest BCUT2D eigenvalue weighted by molar-refractivity contribution is 7.98. The maximum atomic E-state index is 9.63. The molecule has 1 fully saturated rings. The van der Waals surface area contributed by atoms with Gasteiger partial charge in [0, 0.05) is 12.1 Å². The van der Waals surface area contributed by atoms with Crippen molar-refractivity contribution >= 4 is 23.2 Å². The Morgan fingerprint density at radius 2 is 2.12 bits per heavy atom. The fourth-order valence-electron chi connectivity index (χ4n) is 2.87. The van der Waals surface area contributed by atoms with Gasteiger partial charge in [0.25, 0.3) is 0 Å². The maximum Gasteiger partial charge on any atom is 0.162 e. The number of fused-ring (bicyclic) bond motifs is 1. The monoisotopic (exact) mass is 335 g/mol. The lowest BCUT2D eigenvalue weighted by Gasteiger charge is -2.13. The van der Waals surface area contributed by atoms with Gasteiger partial charge in [0.2, 0.25) is 0 Å². The SMILES string of the molecule is CSc1nc2c(C3CC3)cnn2c(NCc2ccccc2)c1C#N. The normalized spacial score (nSPS) is 13.8. The molecular weight excluding hydrogens is 318 g/mol. The third-order valence-corrected chi connectivity index (χ3v) is 4.95. The molecule has 5 nitrogen and oxygen atoms in total. The van der Waals surface area contributed by atoms with Gasteiger partial charge in [-0.25, -0.2) is 4.98 Å². The molecule has 0 saturated heterocycles. The van der Waals surface area contributed by atoms with E-state index in [2.05, 4.69) is 28.6 Å². The molecule has 0 amide bonds. The molecule has 120 valence electrons. The molecule has 1 N–H and O–H groups in total. The molecule has 2 aromatic heterocycles. The van der Waals surface area contributed by atoms with E-state index in [9.17, 15) is 5.26 Å². The first-order valence-corrected chi connectivity index (χ1v) is 9.17. The fraction of sp³-hybridized carbons (Fsp3) is 0.278. The van der Waals surface area contributed by atoms with Gasteiger partial charge in [0.1, 0.15) is 16.7 Å². The molecular formula is C18H17N5S. The van der Waals surface area contributed by atoms with Crippen molar-refractivity contribution in [1.82, 2.24) is 14.6 Å². The van der Waals surface area contributed by atoms with Crippen LogP contribution in [0.5, 0.6) is 0 Å². The standard InChI is InChI=1S/C18H17N5S/c1-24-18-14(9-19)16(20-10-12-5-3-2-4-6-12)23-17(22-18)15(11-21-23)13-7-8-13/h2-6,11,13,20H,7-8,10H2,1H3. The summed E-state index contributed by atoms with van der Waals surface area (Å²) in [5.41, 5.74) is 3.77. The Bertz CT molecular complexity index is 922. The number of nitrogens with zero attached hydrogens (tertiary/aromatic N) is 4. The number of aromatic nitrogens is 3. The van der Waals surface area contributed by atoms with Crippen LogP contribution in [0.1, 0.15) is 35.4 Å². The molecule has 0 atom stereocenters. The molecule has 0 radical (unpaired) electrons. The van der Waals surface area contributed by atoms with Crippen molar-refractivity contribution in [2.75, 3.05) is 11.6 Å².